The maximum Gasteiger partial charge on any atom is 0.308 e. The van der Waals surface area contributed by atoms with E-state index in [0.29, 0.717) is 25.1 Å². The molecule has 0 saturated carbocycles. The lowest BCUT2D eigenvalue weighted by atomic mass is 9.97. The van der Waals surface area contributed by atoms with E-state index in [9.17, 15) is 9.59 Å². The van der Waals surface area contributed by atoms with Gasteiger partial charge in [-0.15, -0.1) is 0 Å². The van der Waals surface area contributed by atoms with E-state index in [2.05, 4.69) is 15.9 Å². The molecule has 1 N–H and O–H groups in total. The molecule has 2 rings (SSSR count). The van der Waals surface area contributed by atoms with Crippen LogP contribution in [0.5, 0.6) is 0 Å². The van der Waals surface area contributed by atoms with Crippen molar-refractivity contribution < 1.29 is 14.7 Å². The zero-order chi connectivity index (χ0) is 14.0. The Morgan fingerprint density at radius 3 is 2.74 bits per heavy atom. The molecular formula is C14H16BrNO3. The molecule has 1 aliphatic rings. The van der Waals surface area contributed by atoms with E-state index in [0.717, 1.165) is 16.5 Å². The van der Waals surface area contributed by atoms with Gasteiger partial charge in [-0.25, -0.2) is 0 Å². The summed E-state index contributed by atoms with van der Waals surface area (Å²) in [6.07, 6.45) is 1.40. The molecule has 0 radical (unpaired) electrons. The van der Waals surface area contributed by atoms with Crippen molar-refractivity contribution in [1.82, 2.24) is 4.90 Å². The number of carboxylic acid groups (broad SMARTS) is 1. The number of carbonyl (C=O) groups is 2. The number of nitrogens with zero attached hydrogens (tertiary/aromatic N) is 1. The molecule has 1 heterocycles. The number of amides is 1. The lowest BCUT2D eigenvalue weighted by Gasteiger charge is -2.30. The SMILES string of the molecule is Cc1cc(Br)cc(C(=O)N2CCC[C@H](C(=O)O)C2)c1. The standard InChI is InChI=1S/C14H16BrNO3/c1-9-5-11(7-12(15)6-9)13(17)16-4-2-3-10(8-16)14(18)19/h5-7,10H,2-4,8H2,1H3,(H,18,19)/t10-/m0/s1. The van der Waals surface area contributed by atoms with Crippen molar-refractivity contribution in [3.63, 3.8) is 0 Å². The molecule has 0 bridgehead atoms. The van der Waals surface area contributed by atoms with Crippen LogP contribution in [-0.2, 0) is 4.79 Å². The van der Waals surface area contributed by atoms with E-state index < -0.39 is 11.9 Å². The largest absolute Gasteiger partial charge is 0.481 e. The molecular weight excluding hydrogens is 310 g/mol. The van der Waals surface area contributed by atoms with Crippen LogP contribution in [0, 0.1) is 12.8 Å². The fraction of sp³-hybridized carbons (Fsp3) is 0.429. The van der Waals surface area contributed by atoms with Crippen LogP contribution in [0.3, 0.4) is 0 Å². The number of aliphatic carboxylic acids is 1. The van der Waals surface area contributed by atoms with Gasteiger partial charge in [0.05, 0.1) is 5.92 Å². The van der Waals surface area contributed by atoms with Crippen molar-refractivity contribution in [2.24, 2.45) is 5.92 Å². The van der Waals surface area contributed by atoms with Gasteiger partial charge < -0.3 is 10.0 Å². The summed E-state index contributed by atoms with van der Waals surface area (Å²) in [4.78, 5) is 25.0. The Bertz CT molecular complexity index is 495. The first kappa shape index (κ1) is 14.1. The van der Waals surface area contributed by atoms with Crippen LogP contribution in [0.15, 0.2) is 22.7 Å². The topological polar surface area (TPSA) is 57.6 Å². The first-order valence-corrected chi connectivity index (χ1v) is 7.06. The van der Waals surface area contributed by atoms with Gasteiger partial charge in [0.1, 0.15) is 0 Å². The Hall–Kier alpha value is -1.36. The second kappa shape index (κ2) is 5.74. The summed E-state index contributed by atoms with van der Waals surface area (Å²) >= 11 is 3.38. The molecule has 1 amide bonds. The summed E-state index contributed by atoms with van der Waals surface area (Å²) in [6.45, 7) is 2.87. The van der Waals surface area contributed by atoms with E-state index in [1.165, 1.54) is 0 Å². The van der Waals surface area contributed by atoms with Crippen molar-refractivity contribution in [3.05, 3.63) is 33.8 Å². The van der Waals surface area contributed by atoms with Gasteiger partial charge in [0.2, 0.25) is 0 Å². The Morgan fingerprint density at radius 1 is 1.37 bits per heavy atom. The van der Waals surface area contributed by atoms with Crippen LogP contribution in [0.1, 0.15) is 28.8 Å². The zero-order valence-electron chi connectivity index (χ0n) is 10.7. The normalized spacial score (nSPS) is 19.3. The molecule has 5 heteroatoms. The first-order chi connectivity index (χ1) is 8.97. The molecule has 0 spiro atoms. The molecule has 0 aromatic heterocycles. The lowest BCUT2D eigenvalue weighted by Crippen LogP contribution is -2.42. The Balaban J connectivity index is 2.16. The molecule has 1 aromatic carbocycles. The number of carbonyl (C=O) groups excluding carboxylic acids is 1. The highest BCUT2D eigenvalue weighted by molar-refractivity contribution is 9.10. The summed E-state index contributed by atoms with van der Waals surface area (Å²) in [5.41, 5.74) is 1.61. The van der Waals surface area contributed by atoms with E-state index in [-0.39, 0.29) is 5.91 Å². The highest BCUT2D eigenvalue weighted by Gasteiger charge is 2.28. The van der Waals surface area contributed by atoms with Gasteiger partial charge in [0.25, 0.3) is 5.91 Å². The van der Waals surface area contributed by atoms with Crippen LogP contribution in [0.25, 0.3) is 0 Å². The van der Waals surface area contributed by atoms with Gasteiger partial charge in [-0.2, -0.15) is 0 Å². The van der Waals surface area contributed by atoms with Crippen molar-refractivity contribution >= 4 is 27.8 Å². The van der Waals surface area contributed by atoms with Crippen LogP contribution in [-0.4, -0.2) is 35.0 Å². The number of benzene rings is 1. The minimum atomic E-state index is -0.817. The van der Waals surface area contributed by atoms with Crippen LogP contribution in [0.4, 0.5) is 0 Å². The zero-order valence-corrected chi connectivity index (χ0v) is 12.3. The summed E-state index contributed by atoms with van der Waals surface area (Å²) in [6, 6.07) is 5.55. The predicted octanol–water partition coefficient (Wildman–Crippen LogP) is 2.69. The number of halogens is 1. The molecule has 19 heavy (non-hydrogen) atoms. The third kappa shape index (κ3) is 3.35. The lowest BCUT2D eigenvalue weighted by molar-refractivity contribution is -0.143. The number of likely N-dealkylation sites (tertiary alicyclic amines) is 1. The van der Waals surface area contributed by atoms with E-state index >= 15 is 0 Å². The molecule has 1 aromatic rings. The quantitative estimate of drug-likeness (QED) is 0.909. The monoisotopic (exact) mass is 325 g/mol. The third-order valence-corrected chi connectivity index (χ3v) is 3.80. The van der Waals surface area contributed by atoms with Gasteiger partial charge in [-0.05, 0) is 43.5 Å². The van der Waals surface area contributed by atoms with Crippen molar-refractivity contribution in [2.45, 2.75) is 19.8 Å². The molecule has 102 valence electrons. The number of aryl methyl sites for hydroxylation is 1. The first-order valence-electron chi connectivity index (χ1n) is 6.26. The number of hydrogen-bond acceptors (Lipinski definition) is 2. The molecule has 4 nitrogen and oxygen atoms in total. The van der Waals surface area contributed by atoms with Crippen LogP contribution in [0.2, 0.25) is 0 Å². The molecule has 1 atom stereocenters. The molecule has 1 aliphatic heterocycles. The summed E-state index contributed by atoms with van der Waals surface area (Å²) in [5, 5.41) is 9.05. The Morgan fingerprint density at radius 2 is 2.11 bits per heavy atom. The molecule has 1 saturated heterocycles. The van der Waals surface area contributed by atoms with Crippen molar-refractivity contribution in [2.75, 3.05) is 13.1 Å². The third-order valence-electron chi connectivity index (χ3n) is 3.35. The fourth-order valence-electron chi connectivity index (χ4n) is 2.41. The van der Waals surface area contributed by atoms with Crippen molar-refractivity contribution in [1.29, 1.82) is 0 Å². The highest BCUT2D eigenvalue weighted by atomic mass is 79.9. The Labute approximate surface area is 120 Å². The second-order valence-electron chi connectivity index (χ2n) is 4.95. The van der Waals surface area contributed by atoms with Gasteiger partial charge >= 0.3 is 5.97 Å². The molecule has 0 aliphatic carbocycles. The van der Waals surface area contributed by atoms with Crippen LogP contribution >= 0.6 is 15.9 Å². The average molecular weight is 326 g/mol. The van der Waals surface area contributed by atoms with E-state index in [1.54, 1.807) is 11.0 Å². The number of carboxylic acids is 1. The summed E-state index contributed by atoms with van der Waals surface area (Å²) < 4.78 is 0.864. The molecule has 0 unspecified atom stereocenters. The van der Waals surface area contributed by atoms with E-state index in [4.69, 9.17) is 5.11 Å². The van der Waals surface area contributed by atoms with Crippen LogP contribution < -0.4 is 0 Å². The summed E-state index contributed by atoms with van der Waals surface area (Å²) in [7, 11) is 0. The van der Waals surface area contributed by atoms with Crippen molar-refractivity contribution in [3.8, 4) is 0 Å². The smallest absolute Gasteiger partial charge is 0.308 e. The highest BCUT2D eigenvalue weighted by Crippen LogP contribution is 2.21. The van der Waals surface area contributed by atoms with Gasteiger partial charge in [0, 0.05) is 23.1 Å². The number of rotatable bonds is 2. The van der Waals surface area contributed by atoms with Gasteiger partial charge in [0.15, 0.2) is 0 Å². The fourth-order valence-corrected chi connectivity index (χ4v) is 3.01. The minimum absolute atomic E-state index is 0.0876. The van der Waals surface area contributed by atoms with Gasteiger partial charge in [-0.3, -0.25) is 9.59 Å². The number of hydrogen-bond donors (Lipinski definition) is 1. The van der Waals surface area contributed by atoms with E-state index in [1.807, 2.05) is 19.1 Å². The second-order valence-corrected chi connectivity index (χ2v) is 5.86. The maximum absolute atomic E-state index is 12.4. The molecule has 1 fully saturated rings. The minimum Gasteiger partial charge on any atom is -0.481 e. The summed E-state index contributed by atoms with van der Waals surface area (Å²) in [5.74, 6) is -1.34. The average Bonchev–Trinajstić information content (AvgIpc) is 2.37. The maximum atomic E-state index is 12.4. The number of piperidine rings is 1. The van der Waals surface area contributed by atoms with Gasteiger partial charge in [-0.1, -0.05) is 15.9 Å². The predicted molar refractivity (Wildman–Crippen MR) is 75.1 cm³/mol. The Kier molecular flexibility index (Phi) is 4.24.